The molecule has 2 aromatic carbocycles. The summed E-state index contributed by atoms with van der Waals surface area (Å²) in [5, 5.41) is 12.1. The number of aliphatic hydroxyl groups excluding tert-OH is 1. The summed E-state index contributed by atoms with van der Waals surface area (Å²) in [5.41, 5.74) is 1.04. The summed E-state index contributed by atoms with van der Waals surface area (Å²) in [6.07, 6.45) is -0.528. The van der Waals surface area contributed by atoms with Gasteiger partial charge in [0.2, 0.25) is 0 Å². The van der Waals surface area contributed by atoms with E-state index in [4.69, 9.17) is 0 Å². The van der Waals surface area contributed by atoms with E-state index in [9.17, 15) is 9.90 Å². The number of nitrogens with zero attached hydrogens (tertiary/aromatic N) is 1. The number of amides is 2. The second-order valence-electron chi connectivity index (χ2n) is 5.45. The molecule has 0 radical (unpaired) electrons. The molecule has 122 valence electrons. The third kappa shape index (κ3) is 5.96. The number of urea groups is 1. The van der Waals surface area contributed by atoms with Crippen molar-refractivity contribution >= 4 is 17.8 Å². The van der Waals surface area contributed by atoms with E-state index in [2.05, 4.69) is 29.6 Å². The van der Waals surface area contributed by atoms with Crippen molar-refractivity contribution in [2.24, 2.45) is 0 Å². The Kier molecular flexibility index (Phi) is 6.50. The third-order valence-corrected chi connectivity index (χ3v) is 4.25. The number of hydrogen-bond acceptors (Lipinski definition) is 3. The molecular weight excluding hydrogens is 308 g/mol. The summed E-state index contributed by atoms with van der Waals surface area (Å²) in [7, 11) is 1.67. The second-order valence-corrected chi connectivity index (χ2v) is 6.59. The zero-order chi connectivity index (χ0) is 16.7. The van der Waals surface area contributed by atoms with Gasteiger partial charge in [-0.05, 0) is 36.8 Å². The molecule has 0 aliphatic rings. The lowest BCUT2D eigenvalue weighted by Crippen LogP contribution is -2.40. The van der Waals surface area contributed by atoms with Crippen LogP contribution in [0.5, 0.6) is 0 Å². The number of aliphatic hydroxyl groups is 1. The molecule has 5 heteroatoms. The van der Waals surface area contributed by atoms with Crippen LogP contribution in [0.2, 0.25) is 0 Å². The van der Waals surface area contributed by atoms with Crippen molar-refractivity contribution in [3.8, 4) is 0 Å². The maximum atomic E-state index is 11.9. The summed E-state index contributed by atoms with van der Waals surface area (Å²) >= 11 is 1.71. The molecule has 2 N–H and O–H groups in total. The largest absolute Gasteiger partial charge is 0.392 e. The average molecular weight is 330 g/mol. The maximum Gasteiger partial charge on any atom is 0.317 e. The molecular formula is C18H22N2O2S. The van der Waals surface area contributed by atoms with Crippen LogP contribution < -0.4 is 5.32 Å². The van der Waals surface area contributed by atoms with Crippen LogP contribution >= 0.6 is 11.8 Å². The third-order valence-electron chi connectivity index (χ3n) is 3.23. The molecule has 0 saturated carbocycles. The number of carbonyl (C=O) groups is 1. The van der Waals surface area contributed by atoms with Gasteiger partial charge in [0.25, 0.3) is 0 Å². The van der Waals surface area contributed by atoms with Crippen molar-refractivity contribution < 1.29 is 9.90 Å². The molecule has 1 atom stereocenters. The van der Waals surface area contributed by atoms with Gasteiger partial charge in [-0.15, -0.1) is 0 Å². The molecule has 0 aromatic heterocycles. The first kappa shape index (κ1) is 17.4. The van der Waals surface area contributed by atoms with Crippen LogP contribution in [0, 0.1) is 0 Å². The highest BCUT2D eigenvalue weighted by Crippen LogP contribution is 2.27. The van der Waals surface area contributed by atoms with Crippen LogP contribution in [0.15, 0.2) is 64.4 Å². The quantitative estimate of drug-likeness (QED) is 0.854. The van der Waals surface area contributed by atoms with E-state index < -0.39 is 6.10 Å². The van der Waals surface area contributed by atoms with E-state index >= 15 is 0 Å². The fourth-order valence-electron chi connectivity index (χ4n) is 2.09. The number of hydrogen-bond donors (Lipinski definition) is 2. The van der Waals surface area contributed by atoms with E-state index in [0.29, 0.717) is 13.1 Å². The van der Waals surface area contributed by atoms with E-state index in [1.54, 1.807) is 25.7 Å². The van der Waals surface area contributed by atoms with Crippen molar-refractivity contribution in [1.29, 1.82) is 0 Å². The van der Waals surface area contributed by atoms with Gasteiger partial charge in [-0.25, -0.2) is 4.79 Å². The Bertz CT molecular complexity index is 615. The van der Waals surface area contributed by atoms with Crippen LogP contribution in [-0.2, 0) is 6.54 Å². The highest BCUT2D eigenvalue weighted by atomic mass is 32.2. The van der Waals surface area contributed by atoms with Gasteiger partial charge in [-0.2, -0.15) is 0 Å². The van der Waals surface area contributed by atoms with E-state index in [0.717, 1.165) is 10.5 Å². The minimum atomic E-state index is -0.528. The van der Waals surface area contributed by atoms with Gasteiger partial charge >= 0.3 is 6.03 Å². The molecule has 0 fully saturated rings. The summed E-state index contributed by atoms with van der Waals surface area (Å²) in [5.74, 6) is 0. The summed E-state index contributed by atoms with van der Waals surface area (Å²) < 4.78 is 0. The van der Waals surface area contributed by atoms with Gasteiger partial charge in [0, 0.05) is 29.9 Å². The van der Waals surface area contributed by atoms with Crippen LogP contribution in [0.1, 0.15) is 12.5 Å². The van der Waals surface area contributed by atoms with E-state index in [1.807, 2.05) is 30.3 Å². The lowest BCUT2D eigenvalue weighted by Gasteiger charge is -2.19. The predicted octanol–water partition coefficient (Wildman–Crippen LogP) is 3.36. The zero-order valence-electron chi connectivity index (χ0n) is 13.4. The molecule has 2 rings (SSSR count). The summed E-state index contributed by atoms with van der Waals surface area (Å²) in [6.45, 7) is 2.45. The molecule has 0 bridgehead atoms. The first-order valence-corrected chi connectivity index (χ1v) is 8.35. The van der Waals surface area contributed by atoms with Crippen molar-refractivity contribution in [3.63, 3.8) is 0 Å². The first-order valence-electron chi connectivity index (χ1n) is 7.53. The Hall–Kier alpha value is -1.98. The topological polar surface area (TPSA) is 52.6 Å². The van der Waals surface area contributed by atoms with E-state index in [1.165, 1.54) is 9.80 Å². The van der Waals surface area contributed by atoms with Gasteiger partial charge in [-0.3, -0.25) is 0 Å². The number of rotatable bonds is 6. The molecule has 0 aliphatic carbocycles. The Balaban J connectivity index is 1.84. The van der Waals surface area contributed by atoms with Crippen molar-refractivity contribution in [2.75, 3.05) is 13.6 Å². The fraction of sp³-hybridized carbons (Fsp3) is 0.278. The van der Waals surface area contributed by atoms with Gasteiger partial charge < -0.3 is 15.3 Å². The zero-order valence-corrected chi connectivity index (χ0v) is 14.2. The average Bonchev–Trinajstić information content (AvgIpc) is 2.54. The normalized spacial score (nSPS) is 11.8. The SMILES string of the molecule is CC(O)CN(C)C(=O)NCc1ccc(Sc2ccccc2)cc1. The van der Waals surface area contributed by atoms with Crippen molar-refractivity contribution in [3.05, 3.63) is 60.2 Å². The maximum absolute atomic E-state index is 11.9. The molecule has 4 nitrogen and oxygen atoms in total. The molecule has 2 amide bonds. The van der Waals surface area contributed by atoms with Gasteiger partial charge in [-0.1, -0.05) is 42.1 Å². The Morgan fingerprint density at radius 1 is 1.13 bits per heavy atom. The van der Waals surface area contributed by atoms with Gasteiger partial charge in [0.05, 0.1) is 6.10 Å². The van der Waals surface area contributed by atoms with Crippen LogP contribution in [0.4, 0.5) is 4.79 Å². The van der Waals surface area contributed by atoms with E-state index in [-0.39, 0.29) is 6.03 Å². The van der Waals surface area contributed by atoms with Crippen LogP contribution in [0.3, 0.4) is 0 Å². The Morgan fingerprint density at radius 2 is 1.74 bits per heavy atom. The summed E-state index contributed by atoms with van der Waals surface area (Å²) in [4.78, 5) is 15.7. The fourth-order valence-corrected chi connectivity index (χ4v) is 2.93. The molecule has 0 saturated heterocycles. The monoisotopic (exact) mass is 330 g/mol. The number of nitrogens with one attached hydrogen (secondary N) is 1. The highest BCUT2D eigenvalue weighted by molar-refractivity contribution is 7.99. The molecule has 0 spiro atoms. The molecule has 1 unspecified atom stereocenters. The highest BCUT2D eigenvalue weighted by Gasteiger charge is 2.10. The molecule has 0 aliphatic heterocycles. The summed E-state index contributed by atoms with van der Waals surface area (Å²) in [6, 6.07) is 18.2. The van der Waals surface area contributed by atoms with Gasteiger partial charge in [0.15, 0.2) is 0 Å². The lowest BCUT2D eigenvalue weighted by atomic mass is 10.2. The second kappa shape index (κ2) is 8.60. The van der Waals surface area contributed by atoms with Gasteiger partial charge in [0.1, 0.15) is 0 Å². The predicted molar refractivity (Wildman–Crippen MR) is 93.6 cm³/mol. The lowest BCUT2D eigenvalue weighted by molar-refractivity contribution is 0.143. The molecule has 2 aromatic rings. The number of benzene rings is 2. The van der Waals surface area contributed by atoms with Crippen molar-refractivity contribution in [1.82, 2.24) is 10.2 Å². The Labute approximate surface area is 141 Å². The number of carbonyl (C=O) groups excluding carboxylic acids is 1. The first-order chi connectivity index (χ1) is 11.0. The molecule has 0 heterocycles. The minimum absolute atomic E-state index is 0.186. The Morgan fingerprint density at radius 3 is 2.35 bits per heavy atom. The minimum Gasteiger partial charge on any atom is -0.392 e. The van der Waals surface area contributed by atoms with Crippen LogP contribution in [-0.4, -0.2) is 35.7 Å². The number of likely N-dealkylation sites (N-methyl/N-ethyl adjacent to an activating group) is 1. The standard InChI is InChI=1S/C18H22N2O2S/c1-14(21)13-20(2)18(22)19-12-15-8-10-17(11-9-15)23-16-6-4-3-5-7-16/h3-11,14,21H,12-13H2,1-2H3,(H,19,22). The smallest absolute Gasteiger partial charge is 0.317 e. The van der Waals surface area contributed by atoms with Crippen LogP contribution in [0.25, 0.3) is 0 Å². The van der Waals surface area contributed by atoms with Crippen molar-refractivity contribution in [2.45, 2.75) is 29.4 Å². The molecule has 23 heavy (non-hydrogen) atoms.